The second-order valence-corrected chi connectivity index (χ2v) is 9.89. The molecule has 3 aromatic rings. The number of nitrogens with one attached hydrogen (secondary N) is 1. The highest BCUT2D eigenvalue weighted by Gasteiger charge is 2.18. The summed E-state index contributed by atoms with van der Waals surface area (Å²) in [5.74, 6) is 1.41. The van der Waals surface area contributed by atoms with Crippen LogP contribution < -0.4 is 14.9 Å². The quantitative estimate of drug-likeness (QED) is 0.243. The van der Waals surface area contributed by atoms with Crippen LogP contribution in [0.1, 0.15) is 35.2 Å². The van der Waals surface area contributed by atoms with Crippen LogP contribution in [0.3, 0.4) is 0 Å². The van der Waals surface area contributed by atoms with E-state index in [1.807, 2.05) is 35.2 Å². The number of likely N-dealkylation sites (tertiary alicyclic amines) is 1. The van der Waals surface area contributed by atoms with Crippen molar-refractivity contribution in [1.29, 1.82) is 0 Å². The number of benzene rings is 3. The number of halogens is 2. The van der Waals surface area contributed by atoms with Crippen molar-refractivity contribution in [2.24, 2.45) is 5.10 Å². The van der Waals surface area contributed by atoms with Crippen LogP contribution in [0.4, 0.5) is 0 Å². The molecule has 0 atom stereocenters. The Balaban J connectivity index is 1.33. The van der Waals surface area contributed by atoms with Crippen LogP contribution in [-0.4, -0.2) is 42.6 Å². The lowest BCUT2D eigenvalue weighted by Crippen LogP contribution is -2.38. The summed E-state index contributed by atoms with van der Waals surface area (Å²) >= 11 is 6.99. The van der Waals surface area contributed by atoms with Crippen LogP contribution in [0.5, 0.6) is 17.2 Å². The van der Waals surface area contributed by atoms with E-state index in [1.165, 1.54) is 12.6 Å². The minimum atomic E-state index is -0.362. The minimum Gasteiger partial charge on any atom is -0.481 e. The summed E-state index contributed by atoms with van der Waals surface area (Å²) in [6, 6.07) is 19.8. The van der Waals surface area contributed by atoms with Crippen LogP contribution in [0.25, 0.3) is 0 Å². The van der Waals surface area contributed by atoms with Gasteiger partial charge in [-0.3, -0.25) is 9.59 Å². The molecule has 0 saturated carbocycles. The summed E-state index contributed by atoms with van der Waals surface area (Å²) in [5.41, 5.74) is 3.68. The third-order valence-electron chi connectivity index (χ3n) is 5.52. The van der Waals surface area contributed by atoms with Gasteiger partial charge in [0.05, 0.1) is 15.2 Å². The zero-order valence-electron chi connectivity index (χ0n) is 19.5. The average molecular weight is 615 g/mol. The van der Waals surface area contributed by atoms with E-state index in [0.29, 0.717) is 31.8 Å². The van der Waals surface area contributed by atoms with Gasteiger partial charge in [0.1, 0.15) is 17.2 Å². The molecular formula is C27H25Br2N3O4. The Morgan fingerprint density at radius 2 is 1.61 bits per heavy atom. The molecule has 186 valence electrons. The zero-order chi connectivity index (χ0) is 25.3. The van der Waals surface area contributed by atoms with Gasteiger partial charge in [-0.2, -0.15) is 5.10 Å². The average Bonchev–Trinajstić information content (AvgIpc) is 2.89. The Morgan fingerprint density at radius 1 is 0.917 bits per heavy atom. The van der Waals surface area contributed by atoms with Crippen molar-refractivity contribution in [3.05, 3.63) is 86.8 Å². The fourth-order valence-corrected chi connectivity index (χ4v) is 5.17. The first-order valence-electron chi connectivity index (χ1n) is 11.6. The molecule has 0 bridgehead atoms. The fraction of sp³-hybridized carbons (Fsp3) is 0.222. The summed E-state index contributed by atoms with van der Waals surface area (Å²) < 4.78 is 12.9. The Kier molecular flexibility index (Phi) is 9.13. The molecule has 0 aliphatic carbocycles. The molecule has 1 N–H and O–H groups in total. The van der Waals surface area contributed by atoms with E-state index in [1.54, 1.807) is 36.4 Å². The van der Waals surface area contributed by atoms with Crippen LogP contribution in [0, 0.1) is 0 Å². The van der Waals surface area contributed by atoms with E-state index in [-0.39, 0.29) is 18.4 Å². The Bertz CT molecular complexity index is 1220. The standard InChI is InChI=1S/C27H25Br2N3O4/c28-23-14-19(15-24(29)26(23)35-18-25(33)32-12-5-2-6-13-32)17-30-31-27(34)20-8-7-11-22(16-20)36-21-9-3-1-4-10-21/h1,3-4,7-11,14-17H,2,5-6,12-13,18H2,(H,31,34)/b30-17+. The highest BCUT2D eigenvalue weighted by Crippen LogP contribution is 2.34. The number of hydrazone groups is 1. The topological polar surface area (TPSA) is 80.2 Å². The number of nitrogens with zero attached hydrogens (tertiary/aromatic N) is 2. The van der Waals surface area contributed by atoms with Crippen LogP contribution in [0.2, 0.25) is 0 Å². The monoisotopic (exact) mass is 613 g/mol. The van der Waals surface area contributed by atoms with E-state index in [9.17, 15) is 9.59 Å². The number of rotatable bonds is 8. The highest BCUT2D eigenvalue weighted by atomic mass is 79.9. The Labute approximate surface area is 226 Å². The molecule has 1 saturated heterocycles. The third kappa shape index (κ3) is 7.18. The summed E-state index contributed by atoms with van der Waals surface area (Å²) in [4.78, 5) is 26.8. The lowest BCUT2D eigenvalue weighted by Gasteiger charge is -2.26. The van der Waals surface area contributed by atoms with Crippen molar-refractivity contribution in [2.75, 3.05) is 19.7 Å². The maximum atomic E-state index is 12.6. The summed E-state index contributed by atoms with van der Waals surface area (Å²) in [5, 5.41) is 4.07. The second-order valence-electron chi connectivity index (χ2n) is 8.19. The largest absolute Gasteiger partial charge is 0.481 e. The van der Waals surface area contributed by atoms with E-state index >= 15 is 0 Å². The van der Waals surface area contributed by atoms with Crippen LogP contribution in [0.15, 0.2) is 80.8 Å². The Hall–Kier alpha value is -3.17. The maximum Gasteiger partial charge on any atom is 0.271 e. The van der Waals surface area contributed by atoms with E-state index in [0.717, 1.165) is 31.5 Å². The normalized spacial score (nSPS) is 13.4. The summed E-state index contributed by atoms with van der Waals surface area (Å²) in [6.45, 7) is 1.56. The molecule has 2 amide bonds. The lowest BCUT2D eigenvalue weighted by atomic mass is 10.1. The molecule has 0 aromatic heterocycles. The van der Waals surface area contributed by atoms with Gasteiger partial charge < -0.3 is 14.4 Å². The molecule has 1 fully saturated rings. The SMILES string of the molecule is O=C(N/N=C/c1cc(Br)c(OCC(=O)N2CCCCC2)c(Br)c1)c1cccc(Oc2ccccc2)c1. The molecule has 7 nitrogen and oxygen atoms in total. The molecule has 0 spiro atoms. The number of carbonyl (C=O) groups excluding carboxylic acids is 2. The van der Waals surface area contributed by atoms with Gasteiger partial charge in [-0.15, -0.1) is 0 Å². The number of piperidine rings is 1. The molecule has 3 aromatic carbocycles. The molecule has 1 heterocycles. The first-order chi connectivity index (χ1) is 17.5. The van der Waals surface area contributed by atoms with Crippen LogP contribution in [-0.2, 0) is 4.79 Å². The molecular weight excluding hydrogens is 590 g/mol. The van der Waals surface area contributed by atoms with E-state index < -0.39 is 0 Å². The minimum absolute atomic E-state index is 0.0138. The van der Waals surface area contributed by atoms with Crippen molar-refractivity contribution >= 4 is 49.9 Å². The van der Waals surface area contributed by atoms with E-state index in [4.69, 9.17) is 9.47 Å². The molecule has 9 heteroatoms. The third-order valence-corrected chi connectivity index (χ3v) is 6.70. The second kappa shape index (κ2) is 12.7. The maximum absolute atomic E-state index is 12.6. The fourth-order valence-electron chi connectivity index (χ4n) is 3.72. The van der Waals surface area contributed by atoms with Crippen molar-refractivity contribution in [1.82, 2.24) is 10.3 Å². The number of hydrogen-bond acceptors (Lipinski definition) is 5. The van der Waals surface area contributed by atoms with Crippen molar-refractivity contribution < 1.29 is 19.1 Å². The highest BCUT2D eigenvalue weighted by molar-refractivity contribution is 9.11. The first kappa shape index (κ1) is 25.9. The molecule has 1 aliphatic rings. The molecule has 0 radical (unpaired) electrons. The number of ether oxygens (including phenoxy) is 2. The van der Waals surface area contributed by atoms with Gasteiger partial charge in [-0.25, -0.2) is 5.43 Å². The Morgan fingerprint density at radius 3 is 2.33 bits per heavy atom. The predicted molar refractivity (Wildman–Crippen MR) is 146 cm³/mol. The number of para-hydroxylation sites is 1. The zero-order valence-corrected chi connectivity index (χ0v) is 22.6. The predicted octanol–water partition coefficient (Wildman–Crippen LogP) is 6.16. The van der Waals surface area contributed by atoms with Crippen molar-refractivity contribution in [3.8, 4) is 17.2 Å². The summed E-state index contributed by atoms with van der Waals surface area (Å²) in [7, 11) is 0. The molecule has 4 rings (SSSR count). The number of hydrogen-bond donors (Lipinski definition) is 1. The van der Waals surface area contributed by atoms with Gasteiger partial charge in [0.15, 0.2) is 6.61 Å². The van der Waals surface area contributed by atoms with Crippen molar-refractivity contribution in [3.63, 3.8) is 0 Å². The van der Waals surface area contributed by atoms with E-state index in [2.05, 4.69) is 42.4 Å². The van der Waals surface area contributed by atoms with Gasteiger partial charge in [-0.1, -0.05) is 24.3 Å². The van der Waals surface area contributed by atoms with Gasteiger partial charge >= 0.3 is 0 Å². The smallest absolute Gasteiger partial charge is 0.271 e. The van der Waals surface area contributed by atoms with Crippen LogP contribution >= 0.6 is 31.9 Å². The van der Waals surface area contributed by atoms with Gasteiger partial charge in [-0.05, 0) is 99.2 Å². The number of amides is 2. The van der Waals surface area contributed by atoms with Crippen molar-refractivity contribution in [2.45, 2.75) is 19.3 Å². The van der Waals surface area contributed by atoms with Gasteiger partial charge in [0.2, 0.25) is 0 Å². The molecule has 1 aliphatic heterocycles. The number of carbonyl (C=O) groups is 2. The molecule has 36 heavy (non-hydrogen) atoms. The molecule has 0 unspecified atom stereocenters. The summed E-state index contributed by atoms with van der Waals surface area (Å²) in [6.07, 6.45) is 4.77. The lowest BCUT2D eigenvalue weighted by molar-refractivity contribution is -0.134. The van der Waals surface area contributed by atoms with Gasteiger partial charge in [0.25, 0.3) is 11.8 Å². The first-order valence-corrected chi connectivity index (χ1v) is 13.1. The van der Waals surface area contributed by atoms with Gasteiger partial charge in [0, 0.05) is 18.7 Å².